The summed E-state index contributed by atoms with van der Waals surface area (Å²) in [5.41, 5.74) is 6.43. The van der Waals surface area contributed by atoms with Crippen molar-refractivity contribution in [1.29, 1.82) is 0 Å². The monoisotopic (exact) mass is 215 g/mol. The highest BCUT2D eigenvalue weighted by molar-refractivity contribution is 5.99. The molecule has 0 aliphatic carbocycles. The molecule has 15 heavy (non-hydrogen) atoms. The summed E-state index contributed by atoms with van der Waals surface area (Å²) in [6, 6.07) is 2.67. The molecule has 0 aliphatic heterocycles. The average molecular weight is 215 g/mol. The van der Waals surface area contributed by atoms with Crippen LogP contribution in [0.25, 0.3) is 0 Å². The van der Waals surface area contributed by atoms with Gasteiger partial charge in [0.2, 0.25) is 0 Å². The summed E-state index contributed by atoms with van der Waals surface area (Å²) in [5, 5.41) is 0. The lowest BCUT2D eigenvalue weighted by Crippen LogP contribution is -2.06. The minimum Gasteiger partial charge on any atom is -0.434 e. The summed E-state index contributed by atoms with van der Waals surface area (Å²) in [6.45, 7) is 0.0359. The molecule has 1 aromatic carbocycles. The van der Waals surface area contributed by atoms with Crippen LogP contribution in [-0.4, -0.2) is 12.4 Å². The third-order valence-electron chi connectivity index (χ3n) is 1.94. The Labute approximate surface area is 85.8 Å². The Morgan fingerprint density at radius 2 is 2.07 bits per heavy atom. The molecule has 0 unspecified atom stereocenters. The van der Waals surface area contributed by atoms with Crippen LogP contribution in [0.5, 0.6) is 5.75 Å². The maximum absolute atomic E-state index is 12.0. The van der Waals surface area contributed by atoms with E-state index < -0.39 is 6.61 Å². The van der Waals surface area contributed by atoms with Crippen LogP contribution in [0.15, 0.2) is 12.1 Å². The average Bonchev–Trinajstić information content (AvgIpc) is 2.09. The van der Waals surface area contributed by atoms with Crippen molar-refractivity contribution in [2.45, 2.75) is 20.5 Å². The molecule has 0 aliphatic rings. The van der Waals surface area contributed by atoms with Crippen molar-refractivity contribution in [3.05, 3.63) is 23.3 Å². The summed E-state index contributed by atoms with van der Waals surface area (Å²) in [5.74, 6) is -0.216. The van der Waals surface area contributed by atoms with Gasteiger partial charge in [-0.15, -0.1) is 0 Å². The number of nitrogens with two attached hydrogens (primary N) is 1. The first-order valence-electron chi connectivity index (χ1n) is 4.27. The molecule has 3 nitrogen and oxygen atoms in total. The summed E-state index contributed by atoms with van der Waals surface area (Å²) >= 11 is 0. The molecule has 0 bridgehead atoms. The quantitative estimate of drug-likeness (QED) is 0.622. The third kappa shape index (κ3) is 2.65. The highest BCUT2D eigenvalue weighted by atomic mass is 19.3. The molecule has 0 atom stereocenters. The molecule has 0 radical (unpaired) electrons. The normalized spacial score (nSPS) is 10.5. The van der Waals surface area contributed by atoms with Gasteiger partial charge >= 0.3 is 6.61 Å². The molecule has 1 rings (SSSR count). The van der Waals surface area contributed by atoms with E-state index >= 15 is 0 Å². The molecule has 1 aromatic rings. The summed E-state index contributed by atoms with van der Waals surface area (Å²) in [4.78, 5) is 11.1. The standard InChI is InChI=1S/C10H11F2NO2/c1-5-3-7(6(2)14)8(13)4-9(5)15-10(11)12/h3-4,10H,13H2,1-2H3. The lowest BCUT2D eigenvalue weighted by molar-refractivity contribution is -0.0502. The van der Waals surface area contributed by atoms with Crippen LogP contribution in [0, 0.1) is 6.92 Å². The minimum absolute atomic E-state index is 0.00694. The molecule has 0 spiro atoms. The number of Topliss-reactive ketones (excluding diaryl/α,β-unsaturated/α-hetero) is 1. The number of ether oxygens (including phenoxy) is 1. The maximum Gasteiger partial charge on any atom is 0.387 e. The first-order chi connectivity index (χ1) is 6.91. The second kappa shape index (κ2) is 4.25. The van der Waals surface area contributed by atoms with Gasteiger partial charge in [0.15, 0.2) is 5.78 Å². The van der Waals surface area contributed by atoms with E-state index in [4.69, 9.17) is 5.73 Å². The zero-order valence-corrected chi connectivity index (χ0v) is 8.38. The van der Waals surface area contributed by atoms with E-state index in [1.165, 1.54) is 19.1 Å². The molecule has 5 heteroatoms. The van der Waals surface area contributed by atoms with E-state index in [1.54, 1.807) is 6.92 Å². The number of hydrogen-bond acceptors (Lipinski definition) is 3. The number of anilines is 1. The first kappa shape index (κ1) is 11.4. The SMILES string of the molecule is CC(=O)c1cc(C)c(OC(F)F)cc1N. The highest BCUT2D eigenvalue weighted by Crippen LogP contribution is 2.26. The fraction of sp³-hybridized carbons (Fsp3) is 0.300. The predicted octanol–water partition coefficient (Wildman–Crippen LogP) is 2.38. The second-order valence-corrected chi connectivity index (χ2v) is 3.14. The molecule has 0 saturated heterocycles. The molecular weight excluding hydrogens is 204 g/mol. The number of carbonyl (C=O) groups is 1. The zero-order chi connectivity index (χ0) is 11.6. The van der Waals surface area contributed by atoms with E-state index in [9.17, 15) is 13.6 Å². The van der Waals surface area contributed by atoms with E-state index in [2.05, 4.69) is 4.74 Å². The van der Waals surface area contributed by atoms with Crippen LogP contribution < -0.4 is 10.5 Å². The smallest absolute Gasteiger partial charge is 0.387 e. The van der Waals surface area contributed by atoms with Crippen LogP contribution in [-0.2, 0) is 0 Å². The minimum atomic E-state index is -2.90. The molecule has 0 saturated carbocycles. The molecular formula is C10H11F2NO2. The maximum atomic E-state index is 12.0. The lowest BCUT2D eigenvalue weighted by atomic mass is 10.1. The zero-order valence-electron chi connectivity index (χ0n) is 8.38. The number of halogens is 2. The van der Waals surface area contributed by atoms with Gasteiger partial charge in [-0.3, -0.25) is 4.79 Å². The van der Waals surface area contributed by atoms with Crippen LogP contribution in [0.2, 0.25) is 0 Å². The predicted molar refractivity (Wildman–Crippen MR) is 52.2 cm³/mol. The Kier molecular flexibility index (Phi) is 3.24. The van der Waals surface area contributed by atoms with Crippen molar-refractivity contribution in [3.8, 4) is 5.75 Å². The molecule has 0 heterocycles. The Morgan fingerprint density at radius 1 is 1.47 bits per heavy atom. The van der Waals surface area contributed by atoms with Gasteiger partial charge in [-0.05, 0) is 25.5 Å². The van der Waals surface area contributed by atoms with Gasteiger partial charge in [-0.1, -0.05) is 0 Å². The van der Waals surface area contributed by atoms with E-state index in [0.29, 0.717) is 11.1 Å². The number of benzene rings is 1. The fourth-order valence-corrected chi connectivity index (χ4v) is 1.23. The van der Waals surface area contributed by atoms with Crippen molar-refractivity contribution in [2.24, 2.45) is 0 Å². The summed E-state index contributed by atoms with van der Waals surface area (Å²) in [6.07, 6.45) is 0. The van der Waals surface area contributed by atoms with E-state index in [-0.39, 0.29) is 17.2 Å². The summed E-state index contributed by atoms with van der Waals surface area (Å²) < 4.78 is 28.2. The molecule has 0 aromatic heterocycles. The van der Waals surface area contributed by atoms with Gasteiger partial charge < -0.3 is 10.5 Å². The van der Waals surface area contributed by atoms with Gasteiger partial charge in [-0.25, -0.2) is 0 Å². The topological polar surface area (TPSA) is 52.3 Å². The molecule has 2 N–H and O–H groups in total. The number of aryl methyl sites for hydroxylation is 1. The van der Waals surface area contributed by atoms with Crippen molar-refractivity contribution in [1.82, 2.24) is 0 Å². The van der Waals surface area contributed by atoms with Gasteiger partial charge in [0.25, 0.3) is 0 Å². The number of carbonyl (C=O) groups excluding carboxylic acids is 1. The number of nitrogen functional groups attached to an aromatic ring is 1. The van der Waals surface area contributed by atoms with Gasteiger partial charge in [0, 0.05) is 17.3 Å². The van der Waals surface area contributed by atoms with Crippen LogP contribution in [0.4, 0.5) is 14.5 Å². The van der Waals surface area contributed by atoms with Gasteiger partial charge in [-0.2, -0.15) is 8.78 Å². The third-order valence-corrected chi connectivity index (χ3v) is 1.94. The number of alkyl halides is 2. The second-order valence-electron chi connectivity index (χ2n) is 3.14. The highest BCUT2D eigenvalue weighted by Gasteiger charge is 2.12. The van der Waals surface area contributed by atoms with E-state index in [1.807, 2.05) is 0 Å². The number of hydrogen-bond donors (Lipinski definition) is 1. The van der Waals surface area contributed by atoms with Crippen LogP contribution >= 0.6 is 0 Å². The van der Waals surface area contributed by atoms with E-state index in [0.717, 1.165) is 0 Å². The van der Waals surface area contributed by atoms with Crippen molar-refractivity contribution in [3.63, 3.8) is 0 Å². The Hall–Kier alpha value is -1.65. The van der Waals surface area contributed by atoms with Crippen LogP contribution in [0.1, 0.15) is 22.8 Å². The molecule has 0 fully saturated rings. The lowest BCUT2D eigenvalue weighted by Gasteiger charge is -2.10. The largest absolute Gasteiger partial charge is 0.434 e. The van der Waals surface area contributed by atoms with Crippen molar-refractivity contribution >= 4 is 11.5 Å². The van der Waals surface area contributed by atoms with Gasteiger partial charge in [0.1, 0.15) is 5.75 Å². The van der Waals surface area contributed by atoms with Gasteiger partial charge in [0.05, 0.1) is 0 Å². The Bertz CT molecular complexity index is 391. The fourth-order valence-electron chi connectivity index (χ4n) is 1.23. The molecule has 82 valence electrons. The number of rotatable bonds is 3. The Balaban J connectivity index is 3.13. The van der Waals surface area contributed by atoms with Crippen molar-refractivity contribution in [2.75, 3.05) is 5.73 Å². The van der Waals surface area contributed by atoms with Crippen LogP contribution in [0.3, 0.4) is 0 Å². The summed E-state index contributed by atoms with van der Waals surface area (Å²) in [7, 11) is 0. The molecule has 0 amide bonds. The first-order valence-corrected chi connectivity index (χ1v) is 4.27. The number of ketones is 1. The Morgan fingerprint density at radius 3 is 2.53 bits per heavy atom. The van der Waals surface area contributed by atoms with Crippen molar-refractivity contribution < 1.29 is 18.3 Å².